The van der Waals surface area contributed by atoms with Crippen molar-refractivity contribution in [2.24, 2.45) is 0 Å². The number of aromatic nitrogens is 3. The smallest absolute Gasteiger partial charge is 0.325 e. The van der Waals surface area contributed by atoms with E-state index in [1.807, 2.05) is 0 Å². The molecule has 0 bridgehead atoms. The second kappa shape index (κ2) is 3.91. The minimum Gasteiger partial charge on any atom is -0.480 e. The number of carbonyl (C=O) groups is 1. The quantitative estimate of drug-likeness (QED) is 0.742. The molecule has 0 spiro atoms. The number of aliphatic carboxylic acids is 1. The van der Waals surface area contributed by atoms with Gasteiger partial charge in [0.1, 0.15) is 24.2 Å². The number of rotatable bonds is 2. The summed E-state index contributed by atoms with van der Waals surface area (Å²) in [5, 5.41) is 13.1. The molecule has 3 aromatic rings. The molecule has 2 aromatic heterocycles. The van der Waals surface area contributed by atoms with Crippen LogP contribution in [0.4, 0.5) is 4.39 Å². The highest BCUT2D eigenvalue weighted by Crippen LogP contribution is 2.18. The summed E-state index contributed by atoms with van der Waals surface area (Å²) in [6.07, 6.45) is 1.31. The number of fused-ring (bicyclic) bond motifs is 3. The molecule has 0 amide bonds. The van der Waals surface area contributed by atoms with Gasteiger partial charge in [0.2, 0.25) is 0 Å². The molecule has 0 atom stereocenters. The minimum absolute atomic E-state index is 0.261. The Morgan fingerprint density at radius 3 is 2.84 bits per heavy atom. The maximum atomic E-state index is 13.2. The van der Waals surface area contributed by atoms with Gasteiger partial charge in [0, 0.05) is 5.39 Å². The highest BCUT2D eigenvalue weighted by molar-refractivity contribution is 5.86. The van der Waals surface area contributed by atoms with Crippen LogP contribution < -0.4 is 5.56 Å². The summed E-state index contributed by atoms with van der Waals surface area (Å²) in [6.45, 7) is -0.509. The van der Waals surface area contributed by atoms with E-state index in [0.717, 1.165) is 4.68 Å². The lowest BCUT2D eigenvalue weighted by Gasteiger charge is -2.02. The van der Waals surface area contributed by atoms with Gasteiger partial charge in [0.05, 0.1) is 5.52 Å². The molecule has 0 saturated carbocycles. The molecule has 19 heavy (non-hydrogen) atoms. The molecule has 0 unspecified atom stereocenters. The standard InChI is InChI=1S/C12H8FN3O3/c13-8-2-1-7-3-10-12(19)16(5-11(17)18)14-6-15(10)9(7)4-8/h1-4,6H,5H2,(H,17,18). The van der Waals surface area contributed by atoms with Crippen molar-refractivity contribution in [2.75, 3.05) is 0 Å². The van der Waals surface area contributed by atoms with Gasteiger partial charge in [-0.25, -0.2) is 9.07 Å². The molecule has 0 radical (unpaired) electrons. The third-order valence-corrected chi connectivity index (χ3v) is 2.85. The Labute approximate surface area is 105 Å². The van der Waals surface area contributed by atoms with Crippen LogP contribution in [0.2, 0.25) is 0 Å². The largest absolute Gasteiger partial charge is 0.480 e. The maximum Gasteiger partial charge on any atom is 0.325 e. The Bertz CT molecular complexity index is 866. The highest BCUT2D eigenvalue weighted by Gasteiger charge is 2.11. The third kappa shape index (κ3) is 1.75. The molecule has 0 aliphatic rings. The van der Waals surface area contributed by atoms with Crippen LogP contribution in [-0.2, 0) is 11.3 Å². The molecule has 0 aliphatic carbocycles. The Balaban J connectivity index is 2.35. The summed E-state index contributed by atoms with van der Waals surface area (Å²) < 4.78 is 15.5. The molecule has 0 fully saturated rings. The van der Waals surface area contributed by atoms with Crippen LogP contribution in [0.1, 0.15) is 0 Å². The molecule has 7 heteroatoms. The van der Waals surface area contributed by atoms with Gasteiger partial charge in [0.25, 0.3) is 5.56 Å². The summed E-state index contributed by atoms with van der Waals surface area (Å²) in [6, 6.07) is 5.73. The van der Waals surface area contributed by atoms with E-state index in [9.17, 15) is 14.0 Å². The van der Waals surface area contributed by atoms with Crippen molar-refractivity contribution in [1.82, 2.24) is 14.2 Å². The predicted molar refractivity (Wildman–Crippen MR) is 64.6 cm³/mol. The van der Waals surface area contributed by atoms with Crippen LogP contribution in [0.25, 0.3) is 16.4 Å². The van der Waals surface area contributed by atoms with Crippen molar-refractivity contribution in [3.05, 3.63) is 46.8 Å². The van der Waals surface area contributed by atoms with Crippen molar-refractivity contribution < 1.29 is 14.3 Å². The van der Waals surface area contributed by atoms with Gasteiger partial charge in [-0.1, -0.05) is 0 Å². The average molecular weight is 261 g/mol. The molecule has 6 nitrogen and oxygen atoms in total. The Morgan fingerprint density at radius 1 is 1.32 bits per heavy atom. The molecule has 1 N–H and O–H groups in total. The van der Waals surface area contributed by atoms with E-state index in [1.165, 1.54) is 22.9 Å². The third-order valence-electron chi connectivity index (χ3n) is 2.85. The summed E-state index contributed by atoms with van der Waals surface area (Å²) in [5.74, 6) is -1.57. The molecule has 0 saturated heterocycles. The van der Waals surface area contributed by atoms with E-state index in [2.05, 4.69) is 5.10 Å². The number of hydrogen-bond acceptors (Lipinski definition) is 3. The molecule has 96 valence electrons. The lowest BCUT2D eigenvalue weighted by atomic mass is 10.2. The minimum atomic E-state index is -1.15. The highest BCUT2D eigenvalue weighted by atomic mass is 19.1. The number of halogens is 1. The van der Waals surface area contributed by atoms with Crippen LogP contribution in [0.15, 0.2) is 35.4 Å². The van der Waals surface area contributed by atoms with Gasteiger partial charge in [-0.05, 0) is 24.3 Å². The van der Waals surface area contributed by atoms with Crippen LogP contribution in [0.3, 0.4) is 0 Å². The number of nitrogens with zero attached hydrogens (tertiary/aromatic N) is 3. The van der Waals surface area contributed by atoms with Crippen molar-refractivity contribution in [1.29, 1.82) is 0 Å². The molecule has 3 rings (SSSR count). The summed E-state index contributed by atoms with van der Waals surface area (Å²) >= 11 is 0. The fourth-order valence-corrected chi connectivity index (χ4v) is 2.02. The van der Waals surface area contributed by atoms with E-state index in [-0.39, 0.29) is 5.52 Å². The lowest BCUT2D eigenvalue weighted by molar-refractivity contribution is -0.138. The van der Waals surface area contributed by atoms with Gasteiger partial charge in [-0.3, -0.25) is 14.0 Å². The first-order chi connectivity index (χ1) is 9.06. The summed E-state index contributed by atoms with van der Waals surface area (Å²) in [4.78, 5) is 22.7. The zero-order chi connectivity index (χ0) is 13.6. The second-order valence-electron chi connectivity index (χ2n) is 4.09. The maximum absolute atomic E-state index is 13.2. The fourth-order valence-electron chi connectivity index (χ4n) is 2.02. The van der Waals surface area contributed by atoms with Crippen molar-refractivity contribution in [3.63, 3.8) is 0 Å². The number of hydrogen-bond donors (Lipinski definition) is 1. The van der Waals surface area contributed by atoms with Gasteiger partial charge in [-0.15, -0.1) is 0 Å². The predicted octanol–water partition coefficient (Wildman–Crippen LogP) is 0.873. The van der Waals surface area contributed by atoms with Gasteiger partial charge < -0.3 is 5.11 Å². The number of carboxylic acids is 1. The van der Waals surface area contributed by atoms with Gasteiger partial charge in [-0.2, -0.15) is 5.10 Å². The van der Waals surface area contributed by atoms with Crippen LogP contribution in [0.5, 0.6) is 0 Å². The SMILES string of the molecule is O=C(O)Cn1ncn2c(cc3ccc(F)cc32)c1=O. The summed E-state index contributed by atoms with van der Waals surface area (Å²) in [5.41, 5.74) is 0.250. The normalized spacial score (nSPS) is 11.2. The molecular weight excluding hydrogens is 253 g/mol. The van der Waals surface area contributed by atoms with E-state index in [4.69, 9.17) is 5.11 Å². The first-order valence-electron chi connectivity index (χ1n) is 5.44. The lowest BCUT2D eigenvalue weighted by Crippen LogP contribution is -2.27. The molecule has 1 aromatic carbocycles. The van der Waals surface area contributed by atoms with Crippen LogP contribution in [-0.4, -0.2) is 25.3 Å². The van der Waals surface area contributed by atoms with Gasteiger partial charge in [0.15, 0.2) is 0 Å². The summed E-state index contributed by atoms with van der Waals surface area (Å²) in [7, 11) is 0. The van der Waals surface area contributed by atoms with E-state index in [0.29, 0.717) is 10.9 Å². The zero-order valence-corrected chi connectivity index (χ0v) is 9.58. The average Bonchev–Trinajstić information content (AvgIpc) is 2.71. The topological polar surface area (TPSA) is 76.6 Å². The molecule has 2 heterocycles. The van der Waals surface area contributed by atoms with Crippen LogP contribution in [0, 0.1) is 5.82 Å². The van der Waals surface area contributed by atoms with Crippen molar-refractivity contribution in [2.45, 2.75) is 6.54 Å². The zero-order valence-electron chi connectivity index (χ0n) is 9.58. The van der Waals surface area contributed by atoms with Crippen molar-refractivity contribution in [3.8, 4) is 0 Å². The number of benzene rings is 1. The fraction of sp³-hybridized carbons (Fsp3) is 0.0833. The first-order valence-corrected chi connectivity index (χ1v) is 5.44. The number of carboxylic acid groups (broad SMARTS) is 1. The molecule has 0 aliphatic heterocycles. The van der Waals surface area contributed by atoms with Crippen LogP contribution >= 0.6 is 0 Å². The van der Waals surface area contributed by atoms with E-state index >= 15 is 0 Å². The Kier molecular flexibility index (Phi) is 2.34. The van der Waals surface area contributed by atoms with Gasteiger partial charge >= 0.3 is 5.97 Å². The van der Waals surface area contributed by atoms with E-state index < -0.39 is 23.9 Å². The monoisotopic (exact) mass is 261 g/mol. The first kappa shape index (κ1) is 11.4. The second-order valence-corrected chi connectivity index (χ2v) is 4.09. The van der Waals surface area contributed by atoms with E-state index in [1.54, 1.807) is 12.1 Å². The van der Waals surface area contributed by atoms with Crippen molar-refractivity contribution >= 4 is 22.4 Å². The Hall–Kier alpha value is -2.70. The molecular formula is C12H8FN3O3. The Morgan fingerprint density at radius 2 is 2.11 bits per heavy atom.